The molecule has 7 heteroatoms. The van der Waals surface area contributed by atoms with Gasteiger partial charge in [-0.15, -0.1) is 0 Å². The maximum atomic E-state index is 12.2. The summed E-state index contributed by atoms with van der Waals surface area (Å²) in [5.74, 6) is -3.23. The van der Waals surface area contributed by atoms with Crippen molar-refractivity contribution in [3.8, 4) is 28.7 Å². The molecule has 0 bridgehead atoms. The lowest BCUT2D eigenvalue weighted by atomic mass is 10.1. The number of carbonyl (C=O) groups is 1. The number of phenolic OH excluding ortho intramolecular Hbond substituents is 5. The summed E-state index contributed by atoms with van der Waals surface area (Å²) in [7, 11) is 0. The van der Waals surface area contributed by atoms with Crippen molar-refractivity contribution < 1.29 is 30.3 Å². The molecular formula is C15H11NO6. The lowest BCUT2D eigenvalue weighted by Crippen LogP contribution is -1.99. The van der Waals surface area contributed by atoms with Crippen molar-refractivity contribution in [2.24, 2.45) is 0 Å². The van der Waals surface area contributed by atoms with Gasteiger partial charge in [-0.1, -0.05) is 6.07 Å². The first-order valence-corrected chi connectivity index (χ1v) is 6.21. The van der Waals surface area contributed by atoms with Crippen molar-refractivity contribution in [1.29, 1.82) is 0 Å². The van der Waals surface area contributed by atoms with Crippen LogP contribution in [0.2, 0.25) is 0 Å². The Morgan fingerprint density at radius 1 is 0.864 bits per heavy atom. The van der Waals surface area contributed by atoms with Crippen LogP contribution in [0.4, 0.5) is 5.69 Å². The second kappa shape index (κ2) is 4.59. The van der Waals surface area contributed by atoms with E-state index in [1.165, 1.54) is 24.3 Å². The van der Waals surface area contributed by atoms with Crippen molar-refractivity contribution in [3.63, 3.8) is 0 Å². The van der Waals surface area contributed by atoms with Crippen molar-refractivity contribution in [2.45, 2.75) is 0 Å². The molecule has 2 aromatic rings. The summed E-state index contributed by atoms with van der Waals surface area (Å²) < 4.78 is 0. The molecule has 7 nitrogen and oxygen atoms in total. The van der Waals surface area contributed by atoms with Gasteiger partial charge < -0.3 is 30.8 Å². The second-order valence-corrected chi connectivity index (χ2v) is 4.78. The molecule has 0 radical (unpaired) electrons. The molecule has 2 aromatic carbocycles. The lowest BCUT2D eigenvalue weighted by molar-refractivity contribution is 0.103. The highest BCUT2D eigenvalue weighted by molar-refractivity contribution is 6.22. The summed E-state index contributed by atoms with van der Waals surface area (Å²) in [5.41, 5.74) is 0.531. The van der Waals surface area contributed by atoms with Crippen LogP contribution in [0, 0.1) is 0 Å². The van der Waals surface area contributed by atoms with Gasteiger partial charge in [0.15, 0.2) is 23.0 Å². The third-order valence-electron chi connectivity index (χ3n) is 3.31. The van der Waals surface area contributed by atoms with E-state index in [4.69, 9.17) is 0 Å². The molecule has 6 N–H and O–H groups in total. The summed E-state index contributed by atoms with van der Waals surface area (Å²) in [5, 5.41) is 50.1. The Hall–Kier alpha value is -3.35. The van der Waals surface area contributed by atoms with E-state index in [1.54, 1.807) is 0 Å². The number of hydrogen-bond acceptors (Lipinski definition) is 7. The normalized spacial score (nSPS) is 14.9. The van der Waals surface area contributed by atoms with E-state index in [-0.39, 0.29) is 28.4 Å². The fourth-order valence-corrected chi connectivity index (χ4v) is 2.21. The predicted molar refractivity (Wildman–Crippen MR) is 77.1 cm³/mol. The number of allylic oxidation sites excluding steroid dienone is 1. The Morgan fingerprint density at radius 3 is 2.27 bits per heavy atom. The zero-order chi connectivity index (χ0) is 16.0. The van der Waals surface area contributed by atoms with Crippen LogP contribution in [0.25, 0.3) is 6.08 Å². The van der Waals surface area contributed by atoms with E-state index in [1.807, 2.05) is 0 Å². The van der Waals surface area contributed by atoms with E-state index < -0.39 is 23.0 Å². The summed E-state index contributed by atoms with van der Waals surface area (Å²) in [6.07, 6.45) is 1.40. The van der Waals surface area contributed by atoms with Crippen LogP contribution in [0.5, 0.6) is 28.7 Å². The van der Waals surface area contributed by atoms with Crippen LogP contribution in [0.15, 0.2) is 30.0 Å². The van der Waals surface area contributed by atoms with Crippen molar-refractivity contribution >= 4 is 17.5 Å². The fourth-order valence-electron chi connectivity index (χ4n) is 2.21. The van der Waals surface area contributed by atoms with Crippen LogP contribution in [0.3, 0.4) is 0 Å². The molecule has 0 unspecified atom stereocenters. The molecule has 0 saturated heterocycles. The van der Waals surface area contributed by atoms with E-state index in [0.29, 0.717) is 5.56 Å². The summed E-state index contributed by atoms with van der Waals surface area (Å²) in [6.45, 7) is 0. The molecule has 0 saturated carbocycles. The fraction of sp³-hybridized carbons (Fsp3) is 0. The number of nitrogens with one attached hydrogen (secondary N) is 1. The van der Waals surface area contributed by atoms with Gasteiger partial charge in [0.05, 0.1) is 16.9 Å². The molecule has 0 aromatic heterocycles. The first-order valence-electron chi connectivity index (χ1n) is 6.21. The lowest BCUT2D eigenvalue weighted by Gasteiger charge is -2.04. The number of carbonyl (C=O) groups excluding carboxylic acids is 1. The third kappa shape index (κ3) is 1.96. The molecule has 1 aliphatic rings. The predicted octanol–water partition coefficient (Wildman–Crippen LogP) is 1.86. The van der Waals surface area contributed by atoms with Gasteiger partial charge in [-0.3, -0.25) is 4.79 Å². The quantitative estimate of drug-likeness (QED) is 0.269. The highest BCUT2D eigenvalue weighted by Gasteiger charge is 2.31. The topological polar surface area (TPSA) is 130 Å². The van der Waals surface area contributed by atoms with Gasteiger partial charge >= 0.3 is 0 Å². The molecule has 3 rings (SSSR count). The number of hydrogen-bond donors (Lipinski definition) is 6. The Kier molecular flexibility index (Phi) is 2.84. The number of anilines is 1. The van der Waals surface area contributed by atoms with E-state index in [2.05, 4.69) is 5.32 Å². The monoisotopic (exact) mass is 301 g/mol. The number of fused-ring (bicyclic) bond motifs is 1. The van der Waals surface area contributed by atoms with Gasteiger partial charge in [-0.05, 0) is 23.8 Å². The Balaban J connectivity index is 2.05. The summed E-state index contributed by atoms with van der Waals surface area (Å²) in [6, 6.07) is 5.13. The van der Waals surface area contributed by atoms with Gasteiger partial charge in [-0.25, -0.2) is 0 Å². The minimum absolute atomic E-state index is 0.0837. The van der Waals surface area contributed by atoms with Crippen LogP contribution < -0.4 is 5.32 Å². The molecule has 0 atom stereocenters. The maximum absolute atomic E-state index is 12.2. The van der Waals surface area contributed by atoms with E-state index in [9.17, 15) is 30.3 Å². The second-order valence-electron chi connectivity index (χ2n) is 4.78. The largest absolute Gasteiger partial charge is 0.504 e. The highest BCUT2D eigenvalue weighted by Crippen LogP contribution is 2.46. The van der Waals surface area contributed by atoms with Crippen LogP contribution in [-0.2, 0) is 0 Å². The number of benzene rings is 2. The number of aromatic hydroxyl groups is 5. The smallest absolute Gasteiger partial charge is 0.215 e. The van der Waals surface area contributed by atoms with E-state index >= 15 is 0 Å². The number of ketones is 1. The maximum Gasteiger partial charge on any atom is 0.215 e. The molecule has 0 amide bonds. The van der Waals surface area contributed by atoms with Gasteiger partial charge in [0.2, 0.25) is 11.5 Å². The summed E-state index contributed by atoms with van der Waals surface area (Å²) in [4.78, 5) is 12.2. The number of Topliss-reactive ketones (excluding diaryl/α,β-unsaturated/α-hetero) is 1. The van der Waals surface area contributed by atoms with Gasteiger partial charge in [0.25, 0.3) is 0 Å². The zero-order valence-corrected chi connectivity index (χ0v) is 11.0. The number of rotatable bonds is 1. The molecular weight excluding hydrogens is 290 g/mol. The van der Waals surface area contributed by atoms with Gasteiger partial charge in [0, 0.05) is 6.07 Å². The molecule has 0 spiro atoms. The van der Waals surface area contributed by atoms with Crippen LogP contribution in [-0.4, -0.2) is 31.3 Å². The average molecular weight is 301 g/mol. The SMILES string of the molecule is O=C1/C(=C\c2ccc(O)c(O)c2)Nc2cc(O)c(O)c(O)c21. The molecule has 0 aliphatic carbocycles. The average Bonchev–Trinajstić information content (AvgIpc) is 2.77. The van der Waals surface area contributed by atoms with E-state index in [0.717, 1.165) is 6.07 Å². The van der Waals surface area contributed by atoms with Gasteiger partial charge in [0.1, 0.15) is 0 Å². The Morgan fingerprint density at radius 2 is 1.59 bits per heavy atom. The first kappa shape index (κ1) is 13.6. The molecule has 0 fully saturated rings. The van der Waals surface area contributed by atoms with Crippen molar-refractivity contribution in [2.75, 3.05) is 5.32 Å². The molecule has 1 heterocycles. The standard InChI is InChI=1S/C15H11NO6/c17-9-2-1-6(4-10(9)18)3-8-13(20)12-7(16-8)5-11(19)14(21)15(12)22/h1-5,16-19,21-22H/b8-3+. The van der Waals surface area contributed by atoms with Crippen molar-refractivity contribution in [1.82, 2.24) is 0 Å². The molecule has 22 heavy (non-hydrogen) atoms. The minimum atomic E-state index is -0.766. The summed E-state index contributed by atoms with van der Waals surface area (Å²) >= 11 is 0. The molecule has 112 valence electrons. The first-order chi connectivity index (χ1) is 10.4. The van der Waals surface area contributed by atoms with Crippen LogP contribution >= 0.6 is 0 Å². The van der Waals surface area contributed by atoms with Gasteiger partial charge in [-0.2, -0.15) is 0 Å². The zero-order valence-electron chi connectivity index (χ0n) is 11.0. The number of phenols is 5. The van der Waals surface area contributed by atoms with Crippen LogP contribution in [0.1, 0.15) is 15.9 Å². The minimum Gasteiger partial charge on any atom is -0.504 e. The Bertz CT molecular complexity index is 840. The van der Waals surface area contributed by atoms with Crippen molar-refractivity contribution in [3.05, 3.63) is 41.1 Å². The Labute approximate surface area is 124 Å². The molecule has 1 aliphatic heterocycles. The third-order valence-corrected chi connectivity index (χ3v) is 3.31. The highest BCUT2D eigenvalue weighted by atomic mass is 16.3.